The summed E-state index contributed by atoms with van der Waals surface area (Å²) in [5, 5.41) is 3.49. The molecule has 1 amide bonds. The fourth-order valence-corrected chi connectivity index (χ4v) is 2.34. The first kappa shape index (κ1) is 14.2. The van der Waals surface area contributed by atoms with Gasteiger partial charge < -0.3 is 9.88 Å². The Morgan fingerprint density at radius 2 is 2.09 bits per heavy atom. The fourth-order valence-electron chi connectivity index (χ4n) is 2.34. The van der Waals surface area contributed by atoms with E-state index in [0.717, 1.165) is 29.1 Å². The highest BCUT2D eigenvalue weighted by atomic mass is 19.1. The van der Waals surface area contributed by atoms with Crippen molar-refractivity contribution in [2.45, 2.75) is 6.54 Å². The number of halogens is 2. The van der Waals surface area contributed by atoms with Gasteiger partial charge in [-0.05, 0) is 30.3 Å². The zero-order chi connectivity index (χ0) is 15.7. The van der Waals surface area contributed by atoms with Crippen LogP contribution < -0.4 is 5.32 Å². The highest BCUT2D eigenvalue weighted by molar-refractivity contribution is 5.98. The lowest BCUT2D eigenvalue weighted by Crippen LogP contribution is -2.25. The molecule has 3 rings (SSSR count). The molecule has 0 unspecified atom stereocenters. The number of fused-ring (bicyclic) bond motifs is 1. The molecule has 0 radical (unpaired) electrons. The number of hydrogen-bond donors (Lipinski definition) is 1. The number of pyridine rings is 1. The monoisotopic (exact) mass is 301 g/mol. The van der Waals surface area contributed by atoms with Crippen molar-refractivity contribution in [3.8, 4) is 0 Å². The van der Waals surface area contributed by atoms with E-state index in [1.165, 1.54) is 0 Å². The van der Waals surface area contributed by atoms with E-state index < -0.39 is 11.6 Å². The van der Waals surface area contributed by atoms with E-state index in [1.54, 1.807) is 36.1 Å². The molecule has 0 aliphatic heterocycles. The number of nitrogens with one attached hydrogen (secondary N) is 1. The van der Waals surface area contributed by atoms with Gasteiger partial charge in [0, 0.05) is 30.7 Å². The number of rotatable bonds is 3. The topological polar surface area (TPSA) is 46.9 Å². The van der Waals surface area contributed by atoms with Crippen molar-refractivity contribution in [2.75, 3.05) is 0 Å². The molecule has 112 valence electrons. The Kier molecular flexibility index (Phi) is 3.58. The summed E-state index contributed by atoms with van der Waals surface area (Å²) >= 11 is 0. The van der Waals surface area contributed by atoms with Gasteiger partial charge in [0.05, 0.1) is 11.7 Å². The molecule has 2 aromatic heterocycles. The first-order valence-corrected chi connectivity index (χ1v) is 6.68. The fraction of sp³-hybridized carbons (Fsp3) is 0.125. The molecule has 1 N–H and O–H groups in total. The van der Waals surface area contributed by atoms with Gasteiger partial charge in [0.25, 0.3) is 5.91 Å². The van der Waals surface area contributed by atoms with E-state index in [0.29, 0.717) is 5.69 Å². The summed E-state index contributed by atoms with van der Waals surface area (Å²) in [6.45, 7) is -0.0811. The number of hydrogen-bond acceptors (Lipinski definition) is 2. The zero-order valence-electron chi connectivity index (χ0n) is 11.8. The third-order valence-corrected chi connectivity index (χ3v) is 3.53. The molecule has 4 nitrogen and oxygen atoms in total. The molecule has 6 heteroatoms. The molecular weight excluding hydrogens is 288 g/mol. The van der Waals surface area contributed by atoms with Gasteiger partial charge >= 0.3 is 0 Å². The molecule has 0 saturated heterocycles. The van der Waals surface area contributed by atoms with E-state index in [2.05, 4.69) is 10.3 Å². The number of carbonyl (C=O) groups is 1. The van der Waals surface area contributed by atoms with Crippen LogP contribution in [0.5, 0.6) is 0 Å². The van der Waals surface area contributed by atoms with E-state index in [-0.39, 0.29) is 18.0 Å². The van der Waals surface area contributed by atoms with Gasteiger partial charge in [-0.25, -0.2) is 8.78 Å². The standard InChI is InChI=1S/C16H13F2N3O/c1-21-14(7-10-4-5-19-9-15(10)21)16(22)20-8-11-6-12(17)2-3-13(11)18/h2-7,9H,8H2,1H3,(H,20,22). The molecule has 0 aliphatic rings. The van der Waals surface area contributed by atoms with Gasteiger partial charge in [0.1, 0.15) is 17.3 Å². The minimum Gasteiger partial charge on any atom is -0.347 e. The predicted octanol–water partition coefficient (Wildman–Crippen LogP) is 2.78. The van der Waals surface area contributed by atoms with Crippen molar-refractivity contribution >= 4 is 16.8 Å². The lowest BCUT2D eigenvalue weighted by atomic mass is 10.2. The molecular formula is C16H13F2N3O. The molecule has 2 heterocycles. The predicted molar refractivity (Wildman–Crippen MR) is 78.2 cm³/mol. The van der Waals surface area contributed by atoms with Gasteiger partial charge in [0.15, 0.2) is 0 Å². The molecule has 0 bridgehead atoms. The lowest BCUT2D eigenvalue weighted by Gasteiger charge is -2.07. The third kappa shape index (κ3) is 2.55. The van der Waals surface area contributed by atoms with E-state index in [1.807, 2.05) is 0 Å². The van der Waals surface area contributed by atoms with Crippen LogP contribution in [0.15, 0.2) is 42.7 Å². The Bertz CT molecular complexity index is 858. The van der Waals surface area contributed by atoms with Gasteiger partial charge in [-0.1, -0.05) is 0 Å². The number of aryl methyl sites for hydroxylation is 1. The van der Waals surface area contributed by atoms with E-state index in [4.69, 9.17) is 0 Å². The zero-order valence-corrected chi connectivity index (χ0v) is 11.8. The minimum absolute atomic E-state index is 0.0811. The smallest absolute Gasteiger partial charge is 0.268 e. The van der Waals surface area contributed by atoms with Crippen LogP contribution in [0.25, 0.3) is 10.9 Å². The molecule has 0 atom stereocenters. The molecule has 0 aliphatic carbocycles. The van der Waals surface area contributed by atoms with Gasteiger partial charge in [-0.15, -0.1) is 0 Å². The summed E-state index contributed by atoms with van der Waals surface area (Å²) in [5.74, 6) is -1.45. The normalized spacial score (nSPS) is 10.9. The largest absolute Gasteiger partial charge is 0.347 e. The van der Waals surface area contributed by atoms with Crippen molar-refractivity contribution in [3.05, 3.63) is 65.6 Å². The van der Waals surface area contributed by atoms with Crippen LogP contribution in [-0.4, -0.2) is 15.5 Å². The summed E-state index contributed by atoms with van der Waals surface area (Å²) in [7, 11) is 1.75. The second kappa shape index (κ2) is 5.55. The number of benzene rings is 1. The van der Waals surface area contributed by atoms with Crippen molar-refractivity contribution < 1.29 is 13.6 Å². The maximum absolute atomic E-state index is 13.5. The molecule has 1 aromatic carbocycles. The van der Waals surface area contributed by atoms with Crippen LogP contribution in [0.2, 0.25) is 0 Å². The molecule has 0 fully saturated rings. The highest BCUT2D eigenvalue weighted by Gasteiger charge is 2.14. The maximum atomic E-state index is 13.5. The SMILES string of the molecule is Cn1c(C(=O)NCc2cc(F)ccc2F)cc2ccncc21. The average Bonchev–Trinajstić information content (AvgIpc) is 2.85. The van der Waals surface area contributed by atoms with Gasteiger partial charge in [-0.2, -0.15) is 0 Å². The number of carbonyl (C=O) groups excluding carboxylic acids is 1. The van der Waals surface area contributed by atoms with E-state index >= 15 is 0 Å². The van der Waals surface area contributed by atoms with Crippen LogP contribution in [-0.2, 0) is 13.6 Å². The minimum atomic E-state index is -0.553. The lowest BCUT2D eigenvalue weighted by molar-refractivity contribution is 0.0943. The van der Waals surface area contributed by atoms with E-state index in [9.17, 15) is 13.6 Å². The first-order chi connectivity index (χ1) is 10.6. The highest BCUT2D eigenvalue weighted by Crippen LogP contribution is 2.17. The molecule has 0 saturated carbocycles. The Labute approximate surface area is 125 Å². The third-order valence-electron chi connectivity index (χ3n) is 3.53. The quantitative estimate of drug-likeness (QED) is 0.808. The molecule has 22 heavy (non-hydrogen) atoms. The number of amides is 1. The second-order valence-electron chi connectivity index (χ2n) is 4.94. The Hall–Kier alpha value is -2.76. The molecule has 0 spiro atoms. The van der Waals surface area contributed by atoms with Gasteiger partial charge in [0.2, 0.25) is 0 Å². The van der Waals surface area contributed by atoms with Crippen LogP contribution in [0.3, 0.4) is 0 Å². The Balaban J connectivity index is 1.82. The van der Waals surface area contributed by atoms with Crippen molar-refractivity contribution in [3.63, 3.8) is 0 Å². The van der Waals surface area contributed by atoms with Gasteiger partial charge in [-0.3, -0.25) is 9.78 Å². The van der Waals surface area contributed by atoms with Crippen LogP contribution in [0, 0.1) is 11.6 Å². The van der Waals surface area contributed by atoms with Crippen molar-refractivity contribution in [1.29, 1.82) is 0 Å². The van der Waals surface area contributed by atoms with Crippen LogP contribution in [0.4, 0.5) is 8.78 Å². The van der Waals surface area contributed by atoms with Crippen LogP contribution in [0.1, 0.15) is 16.1 Å². The number of aromatic nitrogens is 2. The summed E-state index contributed by atoms with van der Waals surface area (Å²) < 4.78 is 28.4. The maximum Gasteiger partial charge on any atom is 0.268 e. The summed E-state index contributed by atoms with van der Waals surface area (Å²) in [5.41, 5.74) is 1.36. The summed E-state index contributed by atoms with van der Waals surface area (Å²) in [6, 6.07) is 6.69. The Morgan fingerprint density at radius 1 is 1.27 bits per heavy atom. The van der Waals surface area contributed by atoms with Crippen molar-refractivity contribution in [2.24, 2.45) is 7.05 Å². The summed E-state index contributed by atoms with van der Waals surface area (Å²) in [4.78, 5) is 16.3. The average molecular weight is 301 g/mol. The summed E-state index contributed by atoms with van der Waals surface area (Å²) in [6.07, 6.45) is 3.31. The molecule has 3 aromatic rings. The Morgan fingerprint density at radius 3 is 2.86 bits per heavy atom. The second-order valence-corrected chi connectivity index (χ2v) is 4.94. The first-order valence-electron chi connectivity index (χ1n) is 6.68. The number of nitrogens with zero attached hydrogens (tertiary/aromatic N) is 2. The van der Waals surface area contributed by atoms with Crippen LogP contribution >= 0.6 is 0 Å². The van der Waals surface area contributed by atoms with Crippen molar-refractivity contribution in [1.82, 2.24) is 14.9 Å².